The van der Waals surface area contributed by atoms with Crippen molar-refractivity contribution >= 4 is 17.2 Å². The molecule has 0 N–H and O–H groups in total. The second-order valence-electron chi connectivity index (χ2n) is 4.86. The second kappa shape index (κ2) is 8.39. The van der Waals surface area contributed by atoms with Crippen molar-refractivity contribution in [2.24, 2.45) is 0 Å². The van der Waals surface area contributed by atoms with Crippen LogP contribution in [-0.4, -0.2) is 31.1 Å². The zero-order valence-electron chi connectivity index (χ0n) is 13.5. The normalized spacial score (nSPS) is 10.2. The maximum absolute atomic E-state index is 12.7. The molecule has 0 spiro atoms. The summed E-state index contributed by atoms with van der Waals surface area (Å²) in [7, 11) is 1.56. The highest BCUT2D eigenvalue weighted by Gasteiger charge is 2.17. The number of benzene rings is 1. The van der Waals surface area contributed by atoms with Crippen LogP contribution < -0.4 is 9.47 Å². The molecule has 0 aliphatic carbocycles. The SMILES string of the molecule is C=CCOc1ccc(C(=O)N(CC)Cc2cccs2)cc1OC. The number of ether oxygens (including phenoxy) is 2. The van der Waals surface area contributed by atoms with Gasteiger partial charge in [0.05, 0.1) is 13.7 Å². The molecule has 0 aliphatic rings. The van der Waals surface area contributed by atoms with E-state index >= 15 is 0 Å². The lowest BCUT2D eigenvalue weighted by Gasteiger charge is -2.21. The number of carbonyl (C=O) groups excluding carboxylic acids is 1. The van der Waals surface area contributed by atoms with Gasteiger partial charge in [0.2, 0.25) is 0 Å². The topological polar surface area (TPSA) is 38.8 Å². The number of rotatable bonds is 8. The molecule has 1 aromatic heterocycles. The quantitative estimate of drug-likeness (QED) is 0.687. The van der Waals surface area contributed by atoms with Gasteiger partial charge in [-0.05, 0) is 36.6 Å². The van der Waals surface area contributed by atoms with Crippen molar-refractivity contribution in [3.8, 4) is 11.5 Å². The summed E-state index contributed by atoms with van der Waals surface area (Å²) in [4.78, 5) is 15.7. The molecule has 0 atom stereocenters. The number of nitrogens with zero attached hydrogens (tertiary/aromatic N) is 1. The molecule has 2 aromatic rings. The molecule has 0 radical (unpaired) electrons. The molecule has 23 heavy (non-hydrogen) atoms. The van der Waals surface area contributed by atoms with Crippen LogP contribution >= 0.6 is 11.3 Å². The van der Waals surface area contributed by atoms with Crippen LogP contribution in [-0.2, 0) is 6.54 Å². The Morgan fingerprint density at radius 2 is 2.17 bits per heavy atom. The van der Waals surface area contributed by atoms with Gasteiger partial charge in [-0.25, -0.2) is 0 Å². The fourth-order valence-electron chi connectivity index (χ4n) is 2.17. The van der Waals surface area contributed by atoms with E-state index in [-0.39, 0.29) is 5.91 Å². The van der Waals surface area contributed by atoms with Crippen molar-refractivity contribution in [1.82, 2.24) is 4.90 Å². The lowest BCUT2D eigenvalue weighted by Crippen LogP contribution is -2.30. The van der Waals surface area contributed by atoms with Gasteiger partial charge in [0.25, 0.3) is 5.91 Å². The number of carbonyl (C=O) groups is 1. The minimum atomic E-state index is -0.0190. The largest absolute Gasteiger partial charge is 0.493 e. The molecule has 0 fully saturated rings. The molecule has 1 aromatic carbocycles. The van der Waals surface area contributed by atoms with Crippen LogP contribution in [0.1, 0.15) is 22.2 Å². The molecule has 0 bridgehead atoms. The molecule has 5 heteroatoms. The van der Waals surface area contributed by atoms with E-state index < -0.39 is 0 Å². The average molecular weight is 331 g/mol. The number of amides is 1. The Morgan fingerprint density at radius 1 is 1.35 bits per heavy atom. The summed E-state index contributed by atoms with van der Waals surface area (Å²) in [5, 5.41) is 2.02. The Hall–Kier alpha value is -2.27. The first kappa shape index (κ1) is 17.1. The Bertz CT molecular complexity index is 652. The summed E-state index contributed by atoms with van der Waals surface area (Å²) >= 11 is 1.65. The van der Waals surface area contributed by atoms with Crippen LogP contribution in [0.25, 0.3) is 0 Å². The van der Waals surface area contributed by atoms with Crippen LogP contribution in [0, 0.1) is 0 Å². The Morgan fingerprint density at radius 3 is 2.78 bits per heavy atom. The third-order valence-electron chi connectivity index (χ3n) is 3.36. The first-order valence-corrected chi connectivity index (χ1v) is 8.31. The van der Waals surface area contributed by atoms with Gasteiger partial charge in [0, 0.05) is 17.0 Å². The predicted molar refractivity (Wildman–Crippen MR) is 93.4 cm³/mol. The molecule has 0 saturated heterocycles. The van der Waals surface area contributed by atoms with Crippen molar-refractivity contribution in [1.29, 1.82) is 0 Å². The van der Waals surface area contributed by atoms with Crippen molar-refractivity contribution in [2.45, 2.75) is 13.5 Å². The molecule has 2 rings (SSSR count). The maximum Gasteiger partial charge on any atom is 0.254 e. The van der Waals surface area contributed by atoms with Crippen LogP contribution in [0.5, 0.6) is 11.5 Å². The number of hydrogen-bond donors (Lipinski definition) is 0. The van der Waals surface area contributed by atoms with Crippen molar-refractivity contribution in [3.05, 3.63) is 58.8 Å². The monoisotopic (exact) mass is 331 g/mol. The standard InChI is InChI=1S/C18H21NO3S/c1-4-10-22-16-9-8-14(12-17(16)21-3)18(20)19(5-2)13-15-7-6-11-23-15/h4,6-9,11-12H,1,5,10,13H2,2-3H3. The van der Waals surface area contributed by atoms with Gasteiger partial charge in [-0.3, -0.25) is 4.79 Å². The highest BCUT2D eigenvalue weighted by atomic mass is 32.1. The highest BCUT2D eigenvalue weighted by Crippen LogP contribution is 2.29. The summed E-state index contributed by atoms with van der Waals surface area (Å²) in [6.07, 6.45) is 1.67. The van der Waals surface area contributed by atoms with Crippen LogP contribution in [0.3, 0.4) is 0 Å². The molecular formula is C18H21NO3S. The molecular weight excluding hydrogens is 310 g/mol. The maximum atomic E-state index is 12.7. The Labute approximate surface area is 141 Å². The van der Waals surface area contributed by atoms with Crippen LogP contribution in [0.2, 0.25) is 0 Å². The summed E-state index contributed by atoms with van der Waals surface area (Å²) in [5.74, 6) is 1.13. The fourth-order valence-corrected chi connectivity index (χ4v) is 2.89. The summed E-state index contributed by atoms with van der Waals surface area (Å²) < 4.78 is 10.8. The minimum Gasteiger partial charge on any atom is -0.493 e. The van der Waals surface area contributed by atoms with E-state index in [0.717, 1.165) is 4.88 Å². The highest BCUT2D eigenvalue weighted by molar-refractivity contribution is 7.09. The Balaban J connectivity index is 2.18. The van der Waals surface area contributed by atoms with Crippen molar-refractivity contribution in [2.75, 3.05) is 20.3 Å². The van der Waals surface area contributed by atoms with Gasteiger partial charge in [0.1, 0.15) is 6.61 Å². The van der Waals surface area contributed by atoms with E-state index in [2.05, 4.69) is 6.58 Å². The van der Waals surface area contributed by atoms with E-state index in [4.69, 9.17) is 9.47 Å². The molecule has 0 saturated carbocycles. The number of methoxy groups -OCH3 is 1. The summed E-state index contributed by atoms with van der Waals surface area (Å²) in [6, 6.07) is 9.27. The number of thiophene rings is 1. The zero-order valence-corrected chi connectivity index (χ0v) is 14.3. The Kier molecular flexibility index (Phi) is 6.23. The zero-order chi connectivity index (χ0) is 16.7. The minimum absolute atomic E-state index is 0.0190. The third-order valence-corrected chi connectivity index (χ3v) is 4.22. The molecule has 0 aliphatic heterocycles. The number of hydrogen-bond acceptors (Lipinski definition) is 4. The fraction of sp³-hybridized carbons (Fsp3) is 0.278. The van der Waals surface area contributed by atoms with E-state index in [1.165, 1.54) is 0 Å². The van der Waals surface area contributed by atoms with E-state index in [1.54, 1.807) is 42.7 Å². The van der Waals surface area contributed by atoms with Gasteiger partial charge in [0.15, 0.2) is 11.5 Å². The lowest BCUT2D eigenvalue weighted by atomic mass is 10.1. The van der Waals surface area contributed by atoms with Crippen molar-refractivity contribution < 1.29 is 14.3 Å². The van der Waals surface area contributed by atoms with E-state index in [0.29, 0.717) is 36.8 Å². The molecule has 4 nitrogen and oxygen atoms in total. The van der Waals surface area contributed by atoms with Gasteiger partial charge >= 0.3 is 0 Å². The third kappa shape index (κ3) is 4.36. The van der Waals surface area contributed by atoms with Gasteiger partial charge < -0.3 is 14.4 Å². The lowest BCUT2D eigenvalue weighted by molar-refractivity contribution is 0.0753. The molecule has 0 unspecified atom stereocenters. The van der Waals surface area contributed by atoms with Crippen LogP contribution in [0.15, 0.2) is 48.4 Å². The first-order chi connectivity index (χ1) is 11.2. The summed E-state index contributed by atoms with van der Waals surface area (Å²) in [5.41, 5.74) is 0.589. The van der Waals surface area contributed by atoms with E-state index in [1.807, 2.05) is 29.3 Å². The van der Waals surface area contributed by atoms with Crippen molar-refractivity contribution in [3.63, 3.8) is 0 Å². The summed E-state index contributed by atoms with van der Waals surface area (Å²) in [6.45, 7) is 7.25. The van der Waals surface area contributed by atoms with Gasteiger partial charge in [-0.1, -0.05) is 18.7 Å². The molecule has 122 valence electrons. The predicted octanol–water partition coefficient (Wildman–Crippen LogP) is 3.98. The van der Waals surface area contributed by atoms with Gasteiger partial charge in [-0.2, -0.15) is 0 Å². The van der Waals surface area contributed by atoms with E-state index in [9.17, 15) is 4.79 Å². The van der Waals surface area contributed by atoms with Crippen LogP contribution in [0.4, 0.5) is 0 Å². The second-order valence-corrected chi connectivity index (χ2v) is 5.90. The molecule has 1 heterocycles. The smallest absolute Gasteiger partial charge is 0.254 e. The van der Waals surface area contributed by atoms with Gasteiger partial charge in [-0.15, -0.1) is 11.3 Å². The molecule has 1 amide bonds. The first-order valence-electron chi connectivity index (χ1n) is 7.43. The average Bonchev–Trinajstić information content (AvgIpc) is 3.10.